The van der Waals surface area contributed by atoms with Crippen LogP contribution >= 0.6 is 0 Å². The standard InChI is InChI=1S/C20H31N3O3.C4H6O6/c1-16(2)23-9-7-19(8-10-23)26-18-5-3-17(4-6-18)21-20(24)15-22-11-13-25-14-12-22;5-1(3(7)8)2(6)4(9)10/h3-6,16,19H,7-15H2,1-2H3,(H,21,24);1-2,5-6H,(H,7,8)(H,9,10). The number of carboxylic acids is 2. The number of morpholine rings is 1. The Kier molecular flexibility index (Phi) is 12.0. The lowest BCUT2D eigenvalue weighted by Crippen LogP contribution is -2.41. The van der Waals surface area contributed by atoms with Gasteiger partial charge in [0.05, 0.1) is 19.8 Å². The largest absolute Gasteiger partial charge is 0.490 e. The Bertz CT molecular complexity index is 818. The summed E-state index contributed by atoms with van der Waals surface area (Å²) in [4.78, 5) is 36.3. The molecule has 2 unspecified atom stereocenters. The number of rotatable bonds is 9. The maximum atomic E-state index is 12.1. The Morgan fingerprint density at radius 2 is 1.50 bits per heavy atom. The molecule has 0 aliphatic carbocycles. The SMILES string of the molecule is CC(C)N1CCC(Oc2ccc(NC(=O)CN3CCOCC3)cc2)CC1.O=C(O)C(O)C(O)C(=O)O. The Balaban J connectivity index is 0.000000388. The van der Waals surface area contributed by atoms with E-state index < -0.39 is 24.1 Å². The van der Waals surface area contributed by atoms with Gasteiger partial charge in [0.1, 0.15) is 11.9 Å². The molecule has 0 saturated carbocycles. The van der Waals surface area contributed by atoms with Crippen molar-refractivity contribution < 1.29 is 44.3 Å². The summed E-state index contributed by atoms with van der Waals surface area (Å²) in [5.74, 6) is -2.65. The van der Waals surface area contributed by atoms with E-state index in [-0.39, 0.29) is 12.0 Å². The highest BCUT2D eigenvalue weighted by atomic mass is 16.5. The van der Waals surface area contributed by atoms with Crippen molar-refractivity contribution in [1.29, 1.82) is 0 Å². The number of nitrogens with one attached hydrogen (secondary N) is 1. The summed E-state index contributed by atoms with van der Waals surface area (Å²) in [6.07, 6.45) is -2.12. The molecule has 2 heterocycles. The number of carbonyl (C=O) groups excluding carboxylic acids is 1. The first-order valence-corrected chi connectivity index (χ1v) is 12.0. The number of nitrogens with zero attached hydrogens (tertiary/aromatic N) is 2. The van der Waals surface area contributed by atoms with Crippen molar-refractivity contribution >= 4 is 23.5 Å². The number of hydrogen-bond acceptors (Lipinski definition) is 9. The van der Waals surface area contributed by atoms with E-state index in [0.717, 1.165) is 50.5 Å². The first-order chi connectivity index (χ1) is 17.1. The molecule has 2 atom stereocenters. The molecule has 1 aromatic carbocycles. The average Bonchev–Trinajstić information content (AvgIpc) is 2.85. The predicted octanol–water partition coefficient (Wildman–Crippen LogP) is 0.0863. The number of amides is 1. The van der Waals surface area contributed by atoms with Gasteiger partial charge < -0.3 is 40.1 Å². The highest BCUT2D eigenvalue weighted by Crippen LogP contribution is 2.22. The van der Waals surface area contributed by atoms with Crippen LogP contribution in [-0.4, -0.2) is 118 Å². The van der Waals surface area contributed by atoms with E-state index in [4.69, 9.17) is 29.9 Å². The van der Waals surface area contributed by atoms with Gasteiger partial charge in [-0.15, -0.1) is 0 Å². The fourth-order valence-corrected chi connectivity index (χ4v) is 3.75. The number of anilines is 1. The molecule has 36 heavy (non-hydrogen) atoms. The van der Waals surface area contributed by atoms with Crippen molar-refractivity contribution in [3.63, 3.8) is 0 Å². The Hall–Kier alpha value is -2.77. The third-order valence-corrected chi connectivity index (χ3v) is 5.92. The van der Waals surface area contributed by atoms with Crippen molar-refractivity contribution in [3.05, 3.63) is 24.3 Å². The second kappa shape index (κ2) is 14.7. The number of hydrogen-bond donors (Lipinski definition) is 5. The van der Waals surface area contributed by atoms with Gasteiger partial charge in [-0.05, 0) is 51.0 Å². The van der Waals surface area contributed by atoms with Gasteiger partial charge in [0.15, 0.2) is 12.2 Å². The number of ether oxygens (including phenoxy) is 2. The van der Waals surface area contributed by atoms with Crippen LogP contribution in [0, 0.1) is 0 Å². The minimum atomic E-state index is -2.27. The van der Waals surface area contributed by atoms with E-state index in [1.54, 1.807) is 0 Å². The molecule has 2 aliphatic heterocycles. The number of piperidine rings is 1. The van der Waals surface area contributed by atoms with Gasteiger partial charge in [0.25, 0.3) is 0 Å². The minimum absolute atomic E-state index is 0.0154. The summed E-state index contributed by atoms with van der Waals surface area (Å²) in [6.45, 7) is 10.1. The van der Waals surface area contributed by atoms with Crippen LogP contribution in [0.5, 0.6) is 5.75 Å². The highest BCUT2D eigenvalue weighted by Gasteiger charge is 2.29. The Morgan fingerprint density at radius 1 is 0.972 bits per heavy atom. The Labute approximate surface area is 210 Å². The number of benzene rings is 1. The average molecular weight is 512 g/mol. The summed E-state index contributed by atoms with van der Waals surface area (Å²) in [5.41, 5.74) is 0.810. The first-order valence-electron chi connectivity index (χ1n) is 12.0. The monoisotopic (exact) mass is 511 g/mol. The summed E-state index contributed by atoms with van der Waals surface area (Å²) in [6, 6.07) is 8.32. The van der Waals surface area contributed by atoms with Crippen molar-refractivity contribution in [2.45, 2.75) is 51.0 Å². The van der Waals surface area contributed by atoms with Gasteiger partial charge >= 0.3 is 11.9 Å². The van der Waals surface area contributed by atoms with Gasteiger partial charge in [-0.25, -0.2) is 9.59 Å². The molecule has 0 spiro atoms. The zero-order valence-electron chi connectivity index (χ0n) is 20.7. The number of carboxylic acid groups (broad SMARTS) is 2. The number of carbonyl (C=O) groups is 3. The van der Waals surface area contributed by atoms with E-state index in [0.29, 0.717) is 25.8 Å². The predicted molar refractivity (Wildman–Crippen MR) is 130 cm³/mol. The topological polar surface area (TPSA) is 169 Å². The molecule has 2 saturated heterocycles. The van der Waals surface area contributed by atoms with E-state index in [2.05, 4.69) is 29.0 Å². The molecule has 12 heteroatoms. The smallest absolute Gasteiger partial charge is 0.335 e. The number of likely N-dealkylation sites (tertiary alicyclic amines) is 1. The van der Waals surface area contributed by atoms with E-state index in [1.807, 2.05) is 24.3 Å². The molecule has 2 aliphatic rings. The molecule has 2 fully saturated rings. The molecular weight excluding hydrogens is 474 g/mol. The fraction of sp³-hybridized carbons (Fsp3) is 0.625. The van der Waals surface area contributed by atoms with Crippen molar-refractivity contribution in [2.75, 3.05) is 51.3 Å². The van der Waals surface area contributed by atoms with Crippen LogP contribution in [0.15, 0.2) is 24.3 Å². The van der Waals surface area contributed by atoms with E-state index in [9.17, 15) is 14.4 Å². The number of aliphatic carboxylic acids is 2. The third-order valence-electron chi connectivity index (χ3n) is 5.92. The molecule has 3 rings (SSSR count). The van der Waals surface area contributed by atoms with Gasteiger partial charge in [-0.2, -0.15) is 0 Å². The minimum Gasteiger partial charge on any atom is -0.490 e. The molecule has 0 bridgehead atoms. The fourth-order valence-electron chi connectivity index (χ4n) is 3.75. The normalized spacial score (nSPS) is 19.0. The quantitative estimate of drug-likeness (QED) is 0.304. The van der Waals surface area contributed by atoms with Crippen LogP contribution in [0.3, 0.4) is 0 Å². The highest BCUT2D eigenvalue weighted by molar-refractivity contribution is 5.92. The molecule has 5 N–H and O–H groups in total. The lowest BCUT2D eigenvalue weighted by Gasteiger charge is -2.34. The molecular formula is C24H37N3O9. The second-order valence-corrected chi connectivity index (χ2v) is 8.97. The van der Waals surface area contributed by atoms with Crippen LogP contribution in [0.2, 0.25) is 0 Å². The van der Waals surface area contributed by atoms with Gasteiger partial charge in [0.2, 0.25) is 5.91 Å². The van der Waals surface area contributed by atoms with Gasteiger partial charge in [-0.1, -0.05) is 0 Å². The third kappa shape index (κ3) is 10.1. The maximum Gasteiger partial charge on any atom is 0.335 e. The molecule has 0 aromatic heterocycles. The summed E-state index contributed by atoms with van der Waals surface area (Å²) < 4.78 is 11.4. The zero-order valence-corrected chi connectivity index (χ0v) is 20.7. The Morgan fingerprint density at radius 3 is 1.97 bits per heavy atom. The van der Waals surface area contributed by atoms with Crippen molar-refractivity contribution in [3.8, 4) is 5.75 Å². The summed E-state index contributed by atoms with van der Waals surface area (Å²) in [5, 5.41) is 35.5. The van der Waals surface area contributed by atoms with Gasteiger partial charge in [0, 0.05) is 37.9 Å². The van der Waals surface area contributed by atoms with Crippen LogP contribution in [0.25, 0.3) is 0 Å². The molecule has 1 amide bonds. The second-order valence-electron chi connectivity index (χ2n) is 8.97. The number of aliphatic hydroxyl groups excluding tert-OH is 2. The van der Waals surface area contributed by atoms with Crippen molar-refractivity contribution in [2.24, 2.45) is 0 Å². The van der Waals surface area contributed by atoms with E-state index >= 15 is 0 Å². The maximum absolute atomic E-state index is 12.1. The lowest BCUT2D eigenvalue weighted by molar-refractivity contribution is -0.165. The van der Waals surface area contributed by atoms with E-state index in [1.165, 1.54) is 0 Å². The molecule has 12 nitrogen and oxygen atoms in total. The lowest BCUT2D eigenvalue weighted by atomic mass is 10.1. The van der Waals surface area contributed by atoms with Crippen molar-refractivity contribution in [1.82, 2.24) is 9.80 Å². The zero-order chi connectivity index (χ0) is 26.7. The van der Waals surface area contributed by atoms with Gasteiger partial charge in [-0.3, -0.25) is 9.69 Å². The van der Waals surface area contributed by atoms with Crippen LogP contribution in [0.4, 0.5) is 5.69 Å². The first kappa shape index (κ1) is 29.5. The van der Waals surface area contributed by atoms with Crippen LogP contribution in [-0.2, 0) is 19.1 Å². The van der Waals surface area contributed by atoms with Crippen LogP contribution in [0.1, 0.15) is 26.7 Å². The number of aliphatic hydroxyl groups is 2. The molecule has 0 radical (unpaired) electrons. The van der Waals surface area contributed by atoms with Crippen LogP contribution < -0.4 is 10.1 Å². The summed E-state index contributed by atoms with van der Waals surface area (Å²) >= 11 is 0. The molecule has 202 valence electrons. The molecule has 1 aromatic rings. The summed E-state index contributed by atoms with van der Waals surface area (Å²) in [7, 11) is 0.